The summed E-state index contributed by atoms with van der Waals surface area (Å²) in [4.78, 5) is 0. The van der Waals surface area contributed by atoms with E-state index in [0.29, 0.717) is 0 Å². The molecule has 0 aliphatic rings. The zero-order valence-electron chi connectivity index (χ0n) is 8.27. The first-order chi connectivity index (χ1) is 6.83. The largest absolute Gasteiger partial charge is 0.396 e. The number of aliphatic hydroxyl groups excluding tert-OH is 1. The Kier molecular flexibility index (Phi) is 2.50. The topological polar surface area (TPSA) is 38.0 Å². The second-order valence-electron chi connectivity index (χ2n) is 3.41. The molecule has 1 aromatic carbocycles. The third kappa shape index (κ3) is 1.51. The lowest BCUT2D eigenvalue weighted by atomic mass is 10.1. The van der Waals surface area contributed by atoms with Gasteiger partial charge >= 0.3 is 0 Å². The molecular formula is C11H14N2O. The number of aryl methyl sites for hydroxylation is 2. The highest BCUT2D eigenvalue weighted by Gasteiger charge is 2.06. The molecule has 2 aromatic rings. The highest BCUT2D eigenvalue weighted by Crippen LogP contribution is 2.18. The van der Waals surface area contributed by atoms with Crippen molar-refractivity contribution in [2.45, 2.75) is 12.8 Å². The zero-order chi connectivity index (χ0) is 9.97. The van der Waals surface area contributed by atoms with E-state index in [-0.39, 0.29) is 6.61 Å². The predicted octanol–water partition coefficient (Wildman–Crippen LogP) is 1.50. The molecule has 0 fully saturated rings. The number of hydrogen-bond acceptors (Lipinski definition) is 2. The fourth-order valence-corrected chi connectivity index (χ4v) is 1.74. The molecule has 0 spiro atoms. The monoisotopic (exact) mass is 190 g/mol. The van der Waals surface area contributed by atoms with E-state index in [9.17, 15) is 0 Å². The van der Waals surface area contributed by atoms with Gasteiger partial charge in [0.15, 0.2) is 0 Å². The molecule has 1 N–H and O–H groups in total. The van der Waals surface area contributed by atoms with Gasteiger partial charge in [0.25, 0.3) is 0 Å². The molecule has 3 nitrogen and oxygen atoms in total. The quantitative estimate of drug-likeness (QED) is 0.796. The maximum absolute atomic E-state index is 8.80. The number of nitrogens with zero attached hydrogens (tertiary/aromatic N) is 2. The van der Waals surface area contributed by atoms with Crippen LogP contribution in [0.4, 0.5) is 0 Å². The maximum Gasteiger partial charge on any atom is 0.0926 e. The van der Waals surface area contributed by atoms with E-state index >= 15 is 0 Å². The molecule has 14 heavy (non-hydrogen) atoms. The Labute approximate surface area is 83.0 Å². The molecule has 0 saturated carbocycles. The first-order valence-electron chi connectivity index (χ1n) is 4.84. The average molecular weight is 190 g/mol. The van der Waals surface area contributed by atoms with Crippen LogP contribution in [0.25, 0.3) is 10.9 Å². The van der Waals surface area contributed by atoms with Gasteiger partial charge in [0, 0.05) is 24.7 Å². The van der Waals surface area contributed by atoms with Crippen LogP contribution in [0, 0.1) is 0 Å². The van der Waals surface area contributed by atoms with E-state index in [1.54, 1.807) is 0 Å². The highest BCUT2D eigenvalue weighted by atomic mass is 16.2. The van der Waals surface area contributed by atoms with Gasteiger partial charge in [-0.2, -0.15) is 5.10 Å². The molecule has 0 aliphatic carbocycles. The Bertz CT molecular complexity index is 434. The Hall–Kier alpha value is -1.35. The van der Waals surface area contributed by atoms with Crippen LogP contribution in [0.15, 0.2) is 24.3 Å². The number of rotatable bonds is 3. The van der Waals surface area contributed by atoms with E-state index < -0.39 is 0 Å². The van der Waals surface area contributed by atoms with Crippen molar-refractivity contribution in [2.75, 3.05) is 6.61 Å². The minimum atomic E-state index is 0.236. The van der Waals surface area contributed by atoms with Crippen LogP contribution in [0.3, 0.4) is 0 Å². The molecule has 0 unspecified atom stereocenters. The van der Waals surface area contributed by atoms with Crippen LogP contribution in [-0.2, 0) is 13.5 Å². The zero-order valence-corrected chi connectivity index (χ0v) is 8.27. The third-order valence-electron chi connectivity index (χ3n) is 2.44. The van der Waals surface area contributed by atoms with Crippen molar-refractivity contribution in [2.24, 2.45) is 7.05 Å². The molecule has 0 radical (unpaired) electrons. The van der Waals surface area contributed by atoms with Gasteiger partial charge in [-0.25, -0.2) is 0 Å². The predicted molar refractivity (Wildman–Crippen MR) is 56.1 cm³/mol. The second kappa shape index (κ2) is 3.80. The number of aromatic nitrogens is 2. The number of hydrogen-bond donors (Lipinski definition) is 1. The van der Waals surface area contributed by atoms with Crippen molar-refractivity contribution < 1.29 is 5.11 Å². The Balaban J connectivity index is 2.45. The smallest absolute Gasteiger partial charge is 0.0926 e. The molecule has 1 heterocycles. The average Bonchev–Trinajstić information content (AvgIpc) is 2.51. The molecule has 0 saturated heterocycles. The Morgan fingerprint density at radius 3 is 2.93 bits per heavy atom. The summed E-state index contributed by atoms with van der Waals surface area (Å²) in [5.74, 6) is 0. The van der Waals surface area contributed by atoms with Crippen LogP contribution >= 0.6 is 0 Å². The molecule has 0 amide bonds. The summed E-state index contributed by atoms with van der Waals surface area (Å²) >= 11 is 0. The van der Waals surface area contributed by atoms with Crippen LogP contribution in [0.1, 0.15) is 12.1 Å². The summed E-state index contributed by atoms with van der Waals surface area (Å²) in [6, 6.07) is 8.10. The fraction of sp³-hybridized carbons (Fsp3) is 0.364. The molecule has 0 atom stereocenters. The van der Waals surface area contributed by atoms with Crippen LogP contribution in [-0.4, -0.2) is 21.5 Å². The molecule has 0 bridgehead atoms. The highest BCUT2D eigenvalue weighted by molar-refractivity contribution is 5.81. The van der Waals surface area contributed by atoms with E-state index in [1.807, 2.05) is 29.9 Å². The van der Waals surface area contributed by atoms with Crippen molar-refractivity contribution in [1.82, 2.24) is 9.78 Å². The molecule has 3 heteroatoms. The van der Waals surface area contributed by atoms with Crippen molar-refractivity contribution >= 4 is 10.9 Å². The second-order valence-corrected chi connectivity index (χ2v) is 3.41. The molecule has 0 aliphatic heterocycles. The molecule has 2 rings (SSSR count). The van der Waals surface area contributed by atoms with Crippen LogP contribution < -0.4 is 0 Å². The summed E-state index contributed by atoms with van der Waals surface area (Å²) in [6.45, 7) is 0.236. The lowest BCUT2D eigenvalue weighted by Gasteiger charge is -2.00. The van der Waals surface area contributed by atoms with Gasteiger partial charge in [0.05, 0.1) is 5.52 Å². The van der Waals surface area contributed by atoms with Crippen molar-refractivity contribution in [1.29, 1.82) is 0 Å². The third-order valence-corrected chi connectivity index (χ3v) is 2.44. The lowest BCUT2D eigenvalue weighted by molar-refractivity contribution is 0.287. The molecule has 1 aromatic heterocycles. The van der Waals surface area contributed by atoms with Gasteiger partial charge in [0.2, 0.25) is 0 Å². The normalized spacial score (nSPS) is 11.0. The van der Waals surface area contributed by atoms with E-state index in [4.69, 9.17) is 5.11 Å². The van der Waals surface area contributed by atoms with Gasteiger partial charge in [-0.3, -0.25) is 4.68 Å². The van der Waals surface area contributed by atoms with Crippen LogP contribution in [0.2, 0.25) is 0 Å². The minimum Gasteiger partial charge on any atom is -0.396 e. The first-order valence-corrected chi connectivity index (χ1v) is 4.84. The minimum absolute atomic E-state index is 0.236. The van der Waals surface area contributed by atoms with Gasteiger partial charge < -0.3 is 5.11 Å². The van der Waals surface area contributed by atoms with Gasteiger partial charge in [-0.1, -0.05) is 18.2 Å². The number of fused-ring (bicyclic) bond motifs is 1. The van der Waals surface area contributed by atoms with Crippen molar-refractivity contribution in [3.05, 3.63) is 30.0 Å². The summed E-state index contributed by atoms with van der Waals surface area (Å²) in [7, 11) is 1.95. The first kappa shape index (κ1) is 9.21. The van der Waals surface area contributed by atoms with Gasteiger partial charge in [0.1, 0.15) is 0 Å². The standard InChI is InChI=1S/C11H14N2O/c1-13-11(7-4-8-14)9-5-2-3-6-10(9)12-13/h2-3,5-6,14H,4,7-8H2,1H3. The van der Waals surface area contributed by atoms with E-state index in [2.05, 4.69) is 11.2 Å². The van der Waals surface area contributed by atoms with Gasteiger partial charge in [-0.05, 0) is 18.9 Å². The SMILES string of the molecule is Cn1nc2ccccc2c1CCCO. The maximum atomic E-state index is 8.80. The summed E-state index contributed by atoms with van der Waals surface area (Å²) in [6.07, 6.45) is 1.68. The summed E-state index contributed by atoms with van der Waals surface area (Å²) < 4.78 is 1.90. The molecule has 74 valence electrons. The Morgan fingerprint density at radius 1 is 1.36 bits per heavy atom. The molecular weight excluding hydrogens is 176 g/mol. The van der Waals surface area contributed by atoms with Crippen molar-refractivity contribution in [3.8, 4) is 0 Å². The number of benzene rings is 1. The van der Waals surface area contributed by atoms with Crippen LogP contribution in [0.5, 0.6) is 0 Å². The van der Waals surface area contributed by atoms with Crippen molar-refractivity contribution in [3.63, 3.8) is 0 Å². The van der Waals surface area contributed by atoms with E-state index in [0.717, 1.165) is 18.4 Å². The fourth-order valence-electron chi connectivity index (χ4n) is 1.74. The lowest BCUT2D eigenvalue weighted by Crippen LogP contribution is -1.99. The summed E-state index contributed by atoms with van der Waals surface area (Å²) in [5, 5.41) is 14.4. The van der Waals surface area contributed by atoms with Gasteiger partial charge in [-0.15, -0.1) is 0 Å². The number of aliphatic hydroxyl groups is 1. The summed E-state index contributed by atoms with van der Waals surface area (Å²) in [5.41, 5.74) is 2.23. The van der Waals surface area contributed by atoms with E-state index in [1.165, 1.54) is 11.1 Å². The Morgan fingerprint density at radius 2 is 2.14 bits per heavy atom.